The van der Waals surface area contributed by atoms with Crippen molar-refractivity contribution in [3.05, 3.63) is 36.0 Å². The lowest BCUT2D eigenvalue weighted by Gasteiger charge is -2.31. The lowest BCUT2D eigenvalue weighted by molar-refractivity contribution is -0.141. The molecule has 1 aromatic heterocycles. The van der Waals surface area contributed by atoms with Gasteiger partial charge in [-0.3, -0.25) is 14.4 Å². The summed E-state index contributed by atoms with van der Waals surface area (Å²) in [5, 5.41) is 9.29. The largest absolute Gasteiger partial charge is 0.368 e. The minimum absolute atomic E-state index is 0.0901. The first-order valence-corrected chi connectivity index (χ1v) is 12.4. The molecule has 3 rings (SSSR count). The molecule has 0 spiro atoms. The zero-order chi connectivity index (χ0) is 26.6. The van der Waals surface area contributed by atoms with E-state index in [1.807, 2.05) is 58.9 Å². The smallest absolute Gasteiger partial charge is 0.315 e. The number of primary amides is 1. The van der Waals surface area contributed by atoms with E-state index in [2.05, 4.69) is 20.9 Å². The van der Waals surface area contributed by atoms with Crippen LogP contribution in [0.2, 0.25) is 0 Å². The van der Waals surface area contributed by atoms with Crippen LogP contribution >= 0.6 is 0 Å². The van der Waals surface area contributed by atoms with Crippen molar-refractivity contribution in [1.82, 2.24) is 25.8 Å². The Balaban J connectivity index is 1.82. The molecular formula is C26H38N6O4. The van der Waals surface area contributed by atoms with Crippen LogP contribution in [0.3, 0.4) is 0 Å². The molecular weight excluding hydrogens is 460 g/mol. The minimum Gasteiger partial charge on any atom is -0.368 e. The monoisotopic (exact) mass is 498 g/mol. The predicted molar refractivity (Wildman–Crippen MR) is 138 cm³/mol. The van der Waals surface area contributed by atoms with Gasteiger partial charge in [0.25, 0.3) is 0 Å². The maximum absolute atomic E-state index is 13.6. The summed E-state index contributed by atoms with van der Waals surface area (Å²) in [5.74, 6) is -1.38. The van der Waals surface area contributed by atoms with Crippen molar-refractivity contribution < 1.29 is 19.2 Å². The summed E-state index contributed by atoms with van der Waals surface area (Å²) in [7, 11) is 0. The number of carbonyl (C=O) groups excluding carboxylic acids is 4. The SMILES string of the molecule is CC(C)NC(=O)NC1CCN(C(=O)CC(C)(C)C)C1C(=O)NC(Cc1c[nH]c2ccccc12)C(N)=O. The molecule has 3 unspecified atom stereocenters. The van der Waals surface area contributed by atoms with Gasteiger partial charge in [0.1, 0.15) is 12.1 Å². The topological polar surface area (TPSA) is 149 Å². The number of urea groups is 1. The number of carbonyl (C=O) groups is 4. The number of hydrogen-bond donors (Lipinski definition) is 5. The Bertz CT molecular complexity index is 1120. The third-order valence-corrected chi connectivity index (χ3v) is 6.16. The molecule has 10 heteroatoms. The average Bonchev–Trinajstić information content (AvgIpc) is 3.35. The standard InChI is InChI=1S/C26H38N6O4/c1-15(2)29-25(36)31-19-10-11-32(21(33)13-26(3,4)5)22(19)24(35)30-20(23(27)34)12-16-14-28-18-9-7-6-8-17(16)18/h6-9,14-15,19-20,22,28H,10-13H2,1-5H3,(H2,27,34)(H,30,35)(H2,29,31,36). The lowest BCUT2D eigenvalue weighted by atomic mass is 9.91. The summed E-state index contributed by atoms with van der Waals surface area (Å²) >= 11 is 0. The van der Waals surface area contributed by atoms with Crippen LogP contribution in [-0.4, -0.2) is 64.3 Å². The van der Waals surface area contributed by atoms with E-state index in [0.717, 1.165) is 16.5 Å². The number of benzene rings is 1. The Kier molecular flexibility index (Phi) is 8.27. The van der Waals surface area contributed by atoms with E-state index in [1.54, 1.807) is 6.20 Å². The number of amides is 5. The summed E-state index contributed by atoms with van der Waals surface area (Å²) in [5.41, 5.74) is 7.15. The van der Waals surface area contributed by atoms with E-state index in [1.165, 1.54) is 4.90 Å². The minimum atomic E-state index is -0.984. The van der Waals surface area contributed by atoms with Crippen molar-refractivity contribution in [3.63, 3.8) is 0 Å². The number of H-pyrrole nitrogens is 1. The van der Waals surface area contributed by atoms with Crippen LogP contribution in [-0.2, 0) is 20.8 Å². The lowest BCUT2D eigenvalue weighted by Crippen LogP contribution is -2.59. The molecule has 196 valence electrons. The maximum Gasteiger partial charge on any atom is 0.315 e. The number of para-hydroxylation sites is 1. The van der Waals surface area contributed by atoms with Crippen molar-refractivity contribution >= 4 is 34.7 Å². The van der Waals surface area contributed by atoms with E-state index < -0.39 is 36.0 Å². The highest BCUT2D eigenvalue weighted by molar-refractivity contribution is 5.94. The summed E-state index contributed by atoms with van der Waals surface area (Å²) in [6.07, 6.45) is 2.65. The molecule has 5 amide bonds. The van der Waals surface area contributed by atoms with Crippen LogP contribution in [0.15, 0.2) is 30.5 Å². The maximum atomic E-state index is 13.6. The molecule has 1 aliphatic rings. The first kappa shape index (κ1) is 27.0. The van der Waals surface area contributed by atoms with Crippen LogP contribution in [0.25, 0.3) is 10.9 Å². The normalized spacial score (nSPS) is 18.8. The highest BCUT2D eigenvalue weighted by atomic mass is 16.2. The predicted octanol–water partition coefficient (Wildman–Crippen LogP) is 1.79. The van der Waals surface area contributed by atoms with Gasteiger partial charge in [-0.25, -0.2) is 4.79 Å². The number of nitrogens with two attached hydrogens (primary N) is 1. The van der Waals surface area contributed by atoms with Gasteiger partial charge in [0.05, 0.1) is 6.04 Å². The molecule has 0 bridgehead atoms. The van der Waals surface area contributed by atoms with Gasteiger partial charge in [0.15, 0.2) is 0 Å². The Morgan fingerprint density at radius 3 is 2.47 bits per heavy atom. The van der Waals surface area contributed by atoms with Crippen molar-refractivity contribution in [3.8, 4) is 0 Å². The molecule has 3 atom stereocenters. The van der Waals surface area contributed by atoms with Crippen LogP contribution in [0, 0.1) is 5.41 Å². The van der Waals surface area contributed by atoms with Crippen LogP contribution < -0.4 is 21.7 Å². The van der Waals surface area contributed by atoms with E-state index in [0.29, 0.717) is 13.0 Å². The van der Waals surface area contributed by atoms with E-state index in [-0.39, 0.29) is 30.2 Å². The van der Waals surface area contributed by atoms with E-state index >= 15 is 0 Å². The second-order valence-corrected chi connectivity index (χ2v) is 11.0. The van der Waals surface area contributed by atoms with Gasteiger partial charge < -0.3 is 31.6 Å². The van der Waals surface area contributed by atoms with Gasteiger partial charge in [-0.1, -0.05) is 39.0 Å². The van der Waals surface area contributed by atoms with Gasteiger partial charge in [-0.05, 0) is 37.3 Å². The van der Waals surface area contributed by atoms with Crippen molar-refractivity contribution in [1.29, 1.82) is 0 Å². The number of nitrogens with zero attached hydrogens (tertiary/aromatic N) is 1. The molecule has 0 radical (unpaired) electrons. The second kappa shape index (κ2) is 11.0. The van der Waals surface area contributed by atoms with Gasteiger partial charge in [0.2, 0.25) is 17.7 Å². The second-order valence-electron chi connectivity index (χ2n) is 11.0. The Morgan fingerprint density at radius 2 is 1.83 bits per heavy atom. The van der Waals surface area contributed by atoms with Crippen molar-refractivity contribution in [2.24, 2.45) is 11.1 Å². The molecule has 2 heterocycles. The third kappa shape index (κ3) is 6.77. The first-order valence-electron chi connectivity index (χ1n) is 12.4. The summed E-state index contributed by atoms with van der Waals surface area (Å²) in [4.78, 5) is 56.1. The number of fused-ring (bicyclic) bond motifs is 1. The molecule has 1 aliphatic heterocycles. The van der Waals surface area contributed by atoms with Crippen molar-refractivity contribution in [2.45, 2.75) is 78.0 Å². The summed E-state index contributed by atoms with van der Waals surface area (Å²) in [6.45, 7) is 9.84. The molecule has 0 saturated carbocycles. The first-order chi connectivity index (χ1) is 16.9. The molecule has 10 nitrogen and oxygen atoms in total. The van der Waals surface area contributed by atoms with Crippen LogP contribution in [0.1, 0.15) is 53.0 Å². The molecule has 6 N–H and O–H groups in total. The molecule has 1 fully saturated rings. The summed E-state index contributed by atoms with van der Waals surface area (Å²) in [6, 6.07) is 4.61. The molecule has 2 aromatic rings. The number of aromatic amines is 1. The fourth-order valence-corrected chi connectivity index (χ4v) is 4.58. The zero-order valence-corrected chi connectivity index (χ0v) is 21.7. The Morgan fingerprint density at radius 1 is 1.14 bits per heavy atom. The third-order valence-electron chi connectivity index (χ3n) is 6.16. The van der Waals surface area contributed by atoms with Gasteiger partial charge in [-0.15, -0.1) is 0 Å². The number of nitrogens with one attached hydrogen (secondary N) is 4. The Labute approximate surface area is 211 Å². The van der Waals surface area contributed by atoms with Gasteiger partial charge >= 0.3 is 6.03 Å². The van der Waals surface area contributed by atoms with Gasteiger partial charge in [-0.2, -0.15) is 0 Å². The number of rotatable bonds is 8. The fourth-order valence-electron chi connectivity index (χ4n) is 4.58. The highest BCUT2D eigenvalue weighted by Crippen LogP contribution is 2.26. The number of hydrogen-bond acceptors (Lipinski definition) is 4. The Hall–Kier alpha value is -3.56. The highest BCUT2D eigenvalue weighted by Gasteiger charge is 2.44. The van der Waals surface area contributed by atoms with Crippen LogP contribution in [0.4, 0.5) is 4.79 Å². The van der Waals surface area contributed by atoms with Crippen LogP contribution in [0.5, 0.6) is 0 Å². The summed E-state index contributed by atoms with van der Waals surface area (Å²) < 4.78 is 0. The average molecular weight is 499 g/mol. The molecule has 0 aliphatic carbocycles. The number of aromatic nitrogens is 1. The molecule has 1 saturated heterocycles. The fraction of sp³-hybridized carbons (Fsp3) is 0.538. The van der Waals surface area contributed by atoms with Crippen molar-refractivity contribution in [2.75, 3.05) is 6.54 Å². The quantitative estimate of drug-likeness (QED) is 0.377. The zero-order valence-electron chi connectivity index (χ0n) is 21.7. The number of likely N-dealkylation sites (tertiary alicyclic amines) is 1. The van der Waals surface area contributed by atoms with E-state index in [9.17, 15) is 19.2 Å². The molecule has 36 heavy (non-hydrogen) atoms. The van der Waals surface area contributed by atoms with E-state index in [4.69, 9.17) is 5.73 Å². The molecule has 1 aromatic carbocycles. The van der Waals surface area contributed by atoms with Gasteiger partial charge in [0, 0.05) is 42.5 Å².